The number of nitrogens with one attached hydrogen (secondary N) is 2. The first kappa shape index (κ1) is 22.6. The summed E-state index contributed by atoms with van der Waals surface area (Å²) in [5.41, 5.74) is 2.57. The minimum atomic E-state index is -0.190. The van der Waals surface area contributed by atoms with Crippen molar-refractivity contribution in [3.05, 3.63) is 48.5 Å². The Morgan fingerprint density at radius 3 is 2.23 bits per heavy atom. The molecule has 2 N–H and O–H groups in total. The van der Waals surface area contributed by atoms with Crippen LogP contribution < -0.4 is 20.3 Å². The summed E-state index contributed by atoms with van der Waals surface area (Å²) in [6.07, 6.45) is 3.77. The largest absolute Gasteiger partial charge is 0.495 e. The van der Waals surface area contributed by atoms with Crippen molar-refractivity contribution >= 4 is 28.9 Å². The topological polar surface area (TPSA) is 73.9 Å². The van der Waals surface area contributed by atoms with E-state index in [1.54, 1.807) is 24.1 Å². The zero-order valence-electron chi connectivity index (χ0n) is 18.4. The molecule has 0 atom stereocenters. The van der Waals surface area contributed by atoms with Crippen LogP contribution in [0.25, 0.3) is 0 Å². The summed E-state index contributed by atoms with van der Waals surface area (Å²) in [5.74, 6) is 0.271. The first-order valence-electron chi connectivity index (χ1n) is 10.9. The van der Waals surface area contributed by atoms with Gasteiger partial charge in [-0.2, -0.15) is 0 Å². The van der Waals surface area contributed by atoms with Crippen molar-refractivity contribution in [3.63, 3.8) is 0 Å². The van der Waals surface area contributed by atoms with Gasteiger partial charge < -0.3 is 20.3 Å². The second-order valence-corrected chi connectivity index (χ2v) is 7.69. The Kier molecular flexibility index (Phi) is 8.29. The lowest BCUT2D eigenvalue weighted by atomic mass is 10.1. The van der Waals surface area contributed by atoms with Gasteiger partial charge in [-0.3, -0.25) is 14.5 Å². The number of anilines is 3. The van der Waals surface area contributed by atoms with Gasteiger partial charge in [0, 0.05) is 24.5 Å². The van der Waals surface area contributed by atoms with Crippen molar-refractivity contribution in [3.8, 4) is 5.75 Å². The van der Waals surface area contributed by atoms with Crippen LogP contribution in [0.4, 0.5) is 17.1 Å². The predicted molar refractivity (Wildman–Crippen MR) is 125 cm³/mol. The molecule has 0 radical (unpaired) electrons. The Morgan fingerprint density at radius 2 is 1.58 bits per heavy atom. The van der Waals surface area contributed by atoms with Crippen LogP contribution in [-0.2, 0) is 9.59 Å². The molecule has 31 heavy (non-hydrogen) atoms. The van der Waals surface area contributed by atoms with Crippen molar-refractivity contribution in [2.45, 2.75) is 26.2 Å². The van der Waals surface area contributed by atoms with Crippen LogP contribution in [0.1, 0.15) is 26.2 Å². The minimum Gasteiger partial charge on any atom is -0.495 e. The average molecular weight is 425 g/mol. The predicted octanol–water partition coefficient (Wildman–Crippen LogP) is 3.58. The molecule has 0 unspecified atom stereocenters. The van der Waals surface area contributed by atoms with Crippen LogP contribution in [0.5, 0.6) is 5.75 Å². The summed E-state index contributed by atoms with van der Waals surface area (Å²) < 4.78 is 5.26. The summed E-state index contributed by atoms with van der Waals surface area (Å²) in [6.45, 7) is 4.96. The Bertz CT molecular complexity index is 863. The van der Waals surface area contributed by atoms with Gasteiger partial charge in [-0.25, -0.2) is 0 Å². The average Bonchev–Trinajstić information content (AvgIpc) is 2.80. The quantitative estimate of drug-likeness (QED) is 0.644. The van der Waals surface area contributed by atoms with Crippen molar-refractivity contribution < 1.29 is 14.3 Å². The Labute approximate surface area is 184 Å². The molecule has 7 nitrogen and oxygen atoms in total. The van der Waals surface area contributed by atoms with Gasteiger partial charge in [0.25, 0.3) is 0 Å². The number of nitrogens with zero attached hydrogens (tertiary/aromatic N) is 2. The third-order valence-corrected chi connectivity index (χ3v) is 5.43. The van der Waals surface area contributed by atoms with E-state index in [9.17, 15) is 9.59 Å². The lowest BCUT2D eigenvalue weighted by Crippen LogP contribution is -2.38. The number of carbonyl (C=O) groups is 2. The smallest absolute Gasteiger partial charge is 0.238 e. The van der Waals surface area contributed by atoms with E-state index >= 15 is 0 Å². The molecule has 0 bridgehead atoms. The van der Waals surface area contributed by atoms with Gasteiger partial charge in [-0.15, -0.1) is 0 Å². The number of rotatable bonds is 9. The normalized spacial score (nSPS) is 13.7. The van der Waals surface area contributed by atoms with Crippen molar-refractivity contribution in [1.29, 1.82) is 0 Å². The van der Waals surface area contributed by atoms with Crippen LogP contribution in [0.2, 0.25) is 0 Å². The summed E-state index contributed by atoms with van der Waals surface area (Å²) in [4.78, 5) is 29.1. The zero-order valence-corrected chi connectivity index (χ0v) is 18.4. The summed E-state index contributed by atoms with van der Waals surface area (Å²) in [6, 6.07) is 15.2. The monoisotopic (exact) mass is 424 g/mol. The Balaban J connectivity index is 1.49. The lowest BCUT2D eigenvalue weighted by molar-refractivity contribution is -0.119. The highest BCUT2D eigenvalue weighted by Gasteiger charge is 2.15. The molecule has 1 aliphatic heterocycles. The fraction of sp³-hybridized carbons (Fsp3) is 0.417. The molecule has 0 saturated carbocycles. The van der Waals surface area contributed by atoms with E-state index < -0.39 is 0 Å². The van der Waals surface area contributed by atoms with E-state index in [-0.39, 0.29) is 24.9 Å². The molecule has 1 heterocycles. The molecule has 0 spiro atoms. The highest BCUT2D eigenvalue weighted by atomic mass is 16.5. The van der Waals surface area contributed by atoms with Crippen LogP contribution in [0.15, 0.2) is 48.5 Å². The van der Waals surface area contributed by atoms with Gasteiger partial charge in [0.2, 0.25) is 11.8 Å². The number of para-hydroxylation sites is 2. The third kappa shape index (κ3) is 6.72. The first-order valence-corrected chi connectivity index (χ1v) is 10.9. The number of amides is 2. The van der Waals surface area contributed by atoms with E-state index in [1.807, 2.05) is 31.2 Å². The Morgan fingerprint density at radius 1 is 0.935 bits per heavy atom. The number of likely N-dealkylation sites (N-methyl/N-ethyl adjacent to an activating group) is 1. The van der Waals surface area contributed by atoms with E-state index in [0.29, 0.717) is 18.0 Å². The highest BCUT2D eigenvalue weighted by Crippen LogP contribution is 2.23. The number of ether oxygens (including phenoxy) is 1. The molecule has 166 valence electrons. The number of benzene rings is 2. The van der Waals surface area contributed by atoms with Crippen molar-refractivity contribution in [2.24, 2.45) is 0 Å². The number of hydrogen-bond acceptors (Lipinski definition) is 5. The second kappa shape index (κ2) is 11.4. The van der Waals surface area contributed by atoms with E-state index in [4.69, 9.17) is 4.74 Å². The number of hydrogen-bond donors (Lipinski definition) is 2. The molecule has 1 saturated heterocycles. The molecule has 1 aliphatic rings. The minimum absolute atomic E-state index is 0.121. The molecule has 3 rings (SSSR count). The van der Waals surface area contributed by atoms with E-state index in [0.717, 1.165) is 18.8 Å². The first-order chi connectivity index (χ1) is 15.1. The molecule has 2 aromatic rings. The molecular formula is C24H32N4O3. The van der Waals surface area contributed by atoms with Crippen LogP contribution in [0.3, 0.4) is 0 Å². The van der Waals surface area contributed by atoms with E-state index in [2.05, 4.69) is 27.7 Å². The highest BCUT2D eigenvalue weighted by molar-refractivity contribution is 5.95. The van der Waals surface area contributed by atoms with Gasteiger partial charge in [0.15, 0.2) is 0 Å². The summed E-state index contributed by atoms with van der Waals surface area (Å²) >= 11 is 0. The maximum Gasteiger partial charge on any atom is 0.238 e. The maximum atomic E-state index is 12.5. The standard InChI is InChI=1S/C24H32N4O3/c1-3-27(18-24(30)26-21-9-5-6-10-22(21)31-2)17-23(29)25-19-11-13-20(14-12-19)28-15-7-4-8-16-28/h5-6,9-14H,3-4,7-8,15-18H2,1-2H3,(H,25,29)(H,26,30). The third-order valence-electron chi connectivity index (χ3n) is 5.43. The van der Waals surface area contributed by atoms with Gasteiger partial charge >= 0.3 is 0 Å². The molecule has 2 aromatic carbocycles. The molecule has 0 aliphatic carbocycles. The molecule has 0 aromatic heterocycles. The van der Waals surface area contributed by atoms with Gasteiger partial charge in [0.1, 0.15) is 5.75 Å². The van der Waals surface area contributed by atoms with Gasteiger partial charge in [0.05, 0.1) is 25.9 Å². The zero-order chi connectivity index (χ0) is 22.1. The molecule has 1 fully saturated rings. The SMILES string of the molecule is CCN(CC(=O)Nc1ccc(N2CCCCC2)cc1)CC(=O)Nc1ccccc1OC. The number of carbonyl (C=O) groups excluding carboxylic acids is 2. The van der Waals surface area contributed by atoms with Crippen LogP contribution >= 0.6 is 0 Å². The van der Waals surface area contributed by atoms with Crippen molar-refractivity contribution in [1.82, 2.24) is 4.90 Å². The summed E-state index contributed by atoms with van der Waals surface area (Å²) in [7, 11) is 1.56. The lowest BCUT2D eigenvalue weighted by Gasteiger charge is -2.28. The number of piperidine rings is 1. The second-order valence-electron chi connectivity index (χ2n) is 7.69. The fourth-order valence-electron chi connectivity index (χ4n) is 3.73. The number of methoxy groups -OCH3 is 1. The van der Waals surface area contributed by atoms with Crippen LogP contribution in [-0.4, -0.2) is 56.5 Å². The van der Waals surface area contributed by atoms with Crippen molar-refractivity contribution in [2.75, 3.05) is 55.4 Å². The molecule has 2 amide bonds. The maximum absolute atomic E-state index is 12.5. The fourth-order valence-corrected chi connectivity index (χ4v) is 3.73. The summed E-state index contributed by atoms with van der Waals surface area (Å²) in [5, 5.41) is 5.77. The van der Waals surface area contributed by atoms with E-state index in [1.165, 1.54) is 24.9 Å². The molecule has 7 heteroatoms. The van der Waals surface area contributed by atoms with Crippen LogP contribution in [0, 0.1) is 0 Å². The Hall–Kier alpha value is -3.06. The van der Waals surface area contributed by atoms with Gasteiger partial charge in [-0.1, -0.05) is 19.1 Å². The van der Waals surface area contributed by atoms with Gasteiger partial charge in [-0.05, 0) is 62.2 Å². The molecular weight excluding hydrogens is 392 g/mol.